The molecular formula is C20H23ClN2O4S. The number of ether oxygens (including phenoxy) is 1. The Hall–Kier alpha value is -2.09. The van der Waals surface area contributed by atoms with E-state index in [0.29, 0.717) is 37.4 Å². The van der Waals surface area contributed by atoms with Gasteiger partial charge in [-0.05, 0) is 50.1 Å². The Morgan fingerprint density at radius 3 is 2.68 bits per heavy atom. The first-order valence-corrected chi connectivity index (χ1v) is 11.0. The lowest BCUT2D eigenvalue weighted by atomic mass is 9.99. The average Bonchev–Trinajstić information content (AvgIpc) is 2.70. The first kappa shape index (κ1) is 20.6. The van der Waals surface area contributed by atoms with Gasteiger partial charge in [0.1, 0.15) is 5.75 Å². The summed E-state index contributed by atoms with van der Waals surface area (Å²) in [6.45, 7) is 2.79. The van der Waals surface area contributed by atoms with Gasteiger partial charge in [-0.15, -0.1) is 0 Å². The molecule has 0 aliphatic carbocycles. The van der Waals surface area contributed by atoms with E-state index < -0.39 is 15.9 Å². The molecule has 2 aromatic carbocycles. The molecule has 0 unspecified atom stereocenters. The minimum Gasteiger partial charge on any atom is -0.492 e. The first-order valence-electron chi connectivity index (χ1n) is 9.20. The monoisotopic (exact) mass is 422 g/mol. The van der Waals surface area contributed by atoms with Crippen LogP contribution in [0, 0.1) is 5.92 Å². The van der Waals surface area contributed by atoms with Gasteiger partial charge in [-0.2, -0.15) is 4.31 Å². The zero-order valence-corrected chi connectivity index (χ0v) is 17.2. The van der Waals surface area contributed by atoms with Crippen LogP contribution in [0.25, 0.3) is 0 Å². The number of rotatable bonds is 6. The standard InChI is InChI=1S/C20H23ClN2O4S/c1-2-27-19-11-10-17(13-18(19)21)28(25,26)23-12-6-7-15(14-23)20(24)22-16-8-4-3-5-9-16/h3-5,8-11,13,15H,2,6-7,12,14H2,1H3,(H,22,24)/t15-/m0/s1. The van der Waals surface area contributed by atoms with E-state index in [-0.39, 0.29) is 22.4 Å². The van der Waals surface area contributed by atoms with Crippen LogP contribution in [0.5, 0.6) is 5.75 Å². The molecule has 0 spiro atoms. The fraction of sp³-hybridized carbons (Fsp3) is 0.350. The Bertz CT molecular complexity index is 934. The van der Waals surface area contributed by atoms with E-state index in [1.165, 1.54) is 16.4 Å². The molecule has 150 valence electrons. The van der Waals surface area contributed by atoms with Crippen molar-refractivity contribution in [2.75, 3.05) is 25.0 Å². The number of nitrogens with zero attached hydrogens (tertiary/aromatic N) is 1. The summed E-state index contributed by atoms with van der Waals surface area (Å²) in [6.07, 6.45) is 1.27. The molecule has 0 radical (unpaired) electrons. The Kier molecular flexibility index (Phi) is 6.59. The molecule has 0 saturated carbocycles. The summed E-state index contributed by atoms with van der Waals surface area (Å²) in [4.78, 5) is 12.7. The molecule has 28 heavy (non-hydrogen) atoms. The van der Waals surface area contributed by atoms with Crippen LogP contribution < -0.4 is 10.1 Å². The quantitative estimate of drug-likeness (QED) is 0.768. The van der Waals surface area contributed by atoms with Crippen molar-refractivity contribution >= 4 is 33.2 Å². The van der Waals surface area contributed by atoms with Crippen molar-refractivity contribution in [1.29, 1.82) is 0 Å². The van der Waals surface area contributed by atoms with E-state index in [2.05, 4.69) is 5.32 Å². The van der Waals surface area contributed by atoms with Gasteiger partial charge in [-0.1, -0.05) is 29.8 Å². The Morgan fingerprint density at radius 2 is 2.00 bits per heavy atom. The molecule has 1 saturated heterocycles. The van der Waals surface area contributed by atoms with Gasteiger partial charge in [0.05, 0.1) is 22.4 Å². The number of para-hydroxylation sites is 1. The number of hydrogen-bond donors (Lipinski definition) is 1. The number of benzene rings is 2. The number of nitrogens with one attached hydrogen (secondary N) is 1. The summed E-state index contributed by atoms with van der Waals surface area (Å²) in [5, 5.41) is 3.10. The van der Waals surface area contributed by atoms with Crippen molar-refractivity contribution in [3.63, 3.8) is 0 Å². The van der Waals surface area contributed by atoms with Gasteiger partial charge in [0.25, 0.3) is 0 Å². The molecule has 8 heteroatoms. The highest BCUT2D eigenvalue weighted by molar-refractivity contribution is 7.89. The van der Waals surface area contributed by atoms with Crippen LogP contribution in [0.3, 0.4) is 0 Å². The van der Waals surface area contributed by atoms with Crippen molar-refractivity contribution in [1.82, 2.24) is 4.31 Å². The van der Waals surface area contributed by atoms with Crippen LogP contribution in [-0.4, -0.2) is 38.3 Å². The highest BCUT2D eigenvalue weighted by Gasteiger charge is 2.33. The summed E-state index contributed by atoms with van der Waals surface area (Å²) in [5.74, 6) is -0.125. The first-order chi connectivity index (χ1) is 13.4. The number of halogens is 1. The highest BCUT2D eigenvalue weighted by atomic mass is 35.5. The van der Waals surface area contributed by atoms with Gasteiger partial charge >= 0.3 is 0 Å². The van der Waals surface area contributed by atoms with E-state index in [1.54, 1.807) is 18.2 Å². The van der Waals surface area contributed by atoms with Gasteiger partial charge in [-0.3, -0.25) is 4.79 Å². The number of hydrogen-bond acceptors (Lipinski definition) is 4. The van der Waals surface area contributed by atoms with Crippen molar-refractivity contribution in [2.45, 2.75) is 24.7 Å². The number of sulfonamides is 1. The summed E-state index contributed by atoms with van der Waals surface area (Å²) in [7, 11) is -3.74. The molecule has 1 fully saturated rings. The molecule has 2 aromatic rings. The molecule has 1 aliphatic heterocycles. The number of piperidine rings is 1. The summed E-state index contributed by atoms with van der Waals surface area (Å²) < 4.78 is 32.8. The maximum Gasteiger partial charge on any atom is 0.243 e. The Balaban J connectivity index is 1.73. The van der Waals surface area contributed by atoms with E-state index in [0.717, 1.165) is 0 Å². The minimum atomic E-state index is -3.74. The van der Waals surface area contributed by atoms with Crippen LogP contribution in [-0.2, 0) is 14.8 Å². The fourth-order valence-electron chi connectivity index (χ4n) is 3.20. The van der Waals surface area contributed by atoms with Crippen molar-refractivity contribution < 1.29 is 17.9 Å². The fourth-order valence-corrected chi connectivity index (χ4v) is 5.05. The molecule has 1 N–H and O–H groups in total. The molecule has 0 bridgehead atoms. The lowest BCUT2D eigenvalue weighted by Gasteiger charge is -2.31. The summed E-state index contributed by atoms with van der Waals surface area (Å²) in [5.41, 5.74) is 0.700. The van der Waals surface area contributed by atoms with Crippen LogP contribution in [0.15, 0.2) is 53.4 Å². The predicted octanol–water partition coefficient (Wildman–Crippen LogP) is 3.78. The molecule has 1 amide bonds. The second kappa shape index (κ2) is 8.94. The zero-order valence-electron chi connectivity index (χ0n) is 15.6. The normalized spacial score (nSPS) is 17.9. The molecule has 1 heterocycles. The van der Waals surface area contributed by atoms with Gasteiger partial charge < -0.3 is 10.1 Å². The van der Waals surface area contributed by atoms with E-state index >= 15 is 0 Å². The Morgan fingerprint density at radius 1 is 1.25 bits per heavy atom. The van der Waals surface area contributed by atoms with Gasteiger partial charge in [0.2, 0.25) is 15.9 Å². The van der Waals surface area contributed by atoms with Crippen LogP contribution in [0.1, 0.15) is 19.8 Å². The maximum absolute atomic E-state index is 13.0. The van der Waals surface area contributed by atoms with Gasteiger partial charge in [-0.25, -0.2) is 8.42 Å². The Labute approximate surface area is 170 Å². The molecule has 3 rings (SSSR count). The zero-order chi connectivity index (χ0) is 20.1. The summed E-state index contributed by atoms with van der Waals surface area (Å²) in [6, 6.07) is 13.6. The number of carbonyl (C=O) groups excluding carboxylic acids is 1. The topological polar surface area (TPSA) is 75.7 Å². The highest BCUT2D eigenvalue weighted by Crippen LogP contribution is 2.30. The predicted molar refractivity (Wildman–Crippen MR) is 109 cm³/mol. The third-order valence-electron chi connectivity index (χ3n) is 4.64. The lowest BCUT2D eigenvalue weighted by molar-refractivity contribution is -0.120. The lowest BCUT2D eigenvalue weighted by Crippen LogP contribution is -2.43. The van der Waals surface area contributed by atoms with Crippen LogP contribution >= 0.6 is 11.6 Å². The van der Waals surface area contributed by atoms with E-state index in [9.17, 15) is 13.2 Å². The molecule has 1 aliphatic rings. The second-order valence-corrected chi connectivity index (χ2v) is 8.93. The van der Waals surface area contributed by atoms with Gasteiger partial charge in [0, 0.05) is 18.8 Å². The third-order valence-corrected chi connectivity index (χ3v) is 6.79. The van der Waals surface area contributed by atoms with E-state index in [1.807, 2.05) is 25.1 Å². The third kappa shape index (κ3) is 4.66. The number of carbonyl (C=O) groups is 1. The molecule has 6 nitrogen and oxygen atoms in total. The van der Waals surface area contributed by atoms with Crippen molar-refractivity contribution in [3.05, 3.63) is 53.6 Å². The van der Waals surface area contributed by atoms with Crippen molar-refractivity contribution in [2.24, 2.45) is 5.92 Å². The number of amides is 1. The number of anilines is 1. The molecule has 1 atom stereocenters. The average molecular weight is 423 g/mol. The van der Waals surface area contributed by atoms with Crippen LogP contribution in [0.2, 0.25) is 5.02 Å². The maximum atomic E-state index is 13.0. The van der Waals surface area contributed by atoms with Crippen LogP contribution in [0.4, 0.5) is 5.69 Å². The smallest absolute Gasteiger partial charge is 0.243 e. The van der Waals surface area contributed by atoms with E-state index in [4.69, 9.17) is 16.3 Å². The SMILES string of the molecule is CCOc1ccc(S(=O)(=O)N2CCC[C@H](C(=O)Nc3ccccc3)C2)cc1Cl. The molecular weight excluding hydrogens is 400 g/mol. The van der Waals surface area contributed by atoms with Gasteiger partial charge in [0.15, 0.2) is 0 Å². The second-order valence-electron chi connectivity index (χ2n) is 6.58. The minimum absolute atomic E-state index is 0.102. The van der Waals surface area contributed by atoms with Crippen molar-refractivity contribution in [3.8, 4) is 5.75 Å². The molecule has 0 aromatic heterocycles. The summed E-state index contributed by atoms with van der Waals surface area (Å²) >= 11 is 6.15. The largest absolute Gasteiger partial charge is 0.492 e.